The molecule has 0 heterocycles. The first-order chi connectivity index (χ1) is 7.54. The summed E-state index contributed by atoms with van der Waals surface area (Å²) in [6.45, 7) is 3.27. The number of hydrogen-bond donors (Lipinski definition) is 0. The molecule has 0 N–H and O–H groups in total. The van der Waals surface area contributed by atoms with E-state index >= 15 is 0 Å². The Bertz CT molecular complexity index is 379. The average Bonchev–Trinajstić information content (AvgIpc) is 2.27. The minimum atomic E-state index is -0.258. The second kappa shape index (κ2) is 5.45. The average molecular weight is 220 g/mol. The minimum absolute atomic E-state index is 0.00199. The maximum atomic E-state index is 11.9. The molecule has 1 aromatic rings. The molecule has 1 rings (SSSR count). The van der Waals surface area contributed by atoms with Gasteiger partial charge >= 0.3 is 0 Å². The fourth-order valence-corrected chi connectivity index (χ4v) is 1.56. The highest BCUT2D eigenvalue weighted by molar-refractivity contribution is 5.99. The second-order valence-corrected chi connectivity index (χ2v) is 3.90. The van der Waals surface area contributed by atoms with E-state index in [2.05, 4.69) is 0 Å². The van der Waals surface area contributed by atoms with Crippen molar-refractivity contribution in [1.29, 1.82) is 0 Å². The molecule has 16 heavy (non-hydrogen) atoms. The summed E-state index contributed by atoms with van der Waals surface area (Å²) in [7, 11) is 1.58. The van der Waals surface area contributed by atoms with Crippen molar-refractivity contribution in [3.05, 3.63) is 29.8 Å². The third-order valence-electron chi connectivity index (χ3n) is 2.42. The van der Waals surface area contributed by atoms with E-state index in [4.69, 9.17) is 4.74 Å². The van der Waals surface area contributed by atoms with Crippen LogP contribution in [0.5, 0.6) is 5.75 Å². The monoisotopic (exact) mass is 220 g/mol. The van der Waals surface area contributed by atoms with Gasteiger partial charge in [-0.1, -0.05) is 6.92 Å². The minimum Gasteiger partial charge on any atom is -0.497 e. The molecule has 86 valence electrons. The molecule has 0 radical (unpaired) electrons. The highest BCUT2D eigenvalue weighted by Gasteiger charge is 2.16. The number of ketones is 2. The first-order valence-corrected chi connectivity index (χ1v) is 5.22. The Kier molecular flexibility index (Phi) is 4.23. The summed E-state index contributed by atoms with van der Waals surface area (Å²) in [6.07, 6.45) is 0.296. The van der Waals surface area contributed by atoms with Gasteiger partial charge < -0.3 is 9.53 Å². The second-order valence-electron chi connectivity index (χ2n) is 3.90. The van der Waals surface area contributed by atoms with E-state index < -0.39 is 0 Å². The summed E-state index contributed by atoms with van der Waals surface area (Å²) in [4.78, 5) is 22.8. The highest BCUT2D eigenvalue weighted by atomic mass is 16.5. The van der Waals surface area contributed by atoms with E-state index in [9.17, 15) is 9.59 Å². The van der Waals surface area contributed by atoms with Crippen molar-refractivity contribution in [2.24, 2.45) is 5.92 Å². The summed E-state index contributed by atoms with van der Waals surface area (Å²) in [5, 5.41) is 0. The molecule has 0 aliphatic heterocycles. The highest BCUT2D eigenvalue weighted by Crippen LogP contribution is 2.16. The Morgan fingerprint density at radius 1 is 1.25 bits per heavy atom. The molecule has 3 nitrogen and oxygen atoms in total. The molecule has 0 amide bonds. The largest absolute Gasteiger partial charge is 0.497 e. The van der Waals surface area contributed by atoms with Gasteiger partial charge in [0.05, 0.1) is 7.11 Å². The molecule has 0 spiro atoms. The van der Waals surface area contributed by atoms with Gasteiger partial charge in [0.1, 0.15) is 11.5 Å². The first kappa shape index (κ1) is 12.4. The smallest absolute Gasteiger partial charge is 0.166 e. The van der Waals surface area contributed by atoms with Crippen LogP contribution in [0.3, 0.4) is 0 Å². The molecule has 1 aromatic carbocycles. The number of rotatable bonds is 5. The fourth-order valence-electron chi connectivity index (χ4n) is 1.56. The molecule has 1 unspecified atom stereocenters. The van der Waals surface area contributed by atoms with Gasteiger partial charge in [0, 0.05) is 17.9 Å². The molecule has 3 heteroatoms. The van der Waals surface area contributed by atoms with Crippen molar-refractivity contribution in [1.82, 2.24) is 0 Å². The van der Waals surface area contributed by atoms with E-state index in [1.54, 1.807) is 38.3 Å². The van der Waals surface area contributed by atoms with Crippen LogP contribution in [0.25, 0.3) is 0 Å². The van der Waals surface area contributed by atoms with Crippen LogP contribution in [0.4, 0.5) is 0 Å². The van der Waals surface area contributed by atoms with Crippen LogP contribution in [0.15, 0.2) is 24.3 Å². The summed E-state index contributed by atoms with van der Waals surface area (Å²) in [5.41, 5.74) is 0.620. The number of benzene rings is 1. The van der Waals surface area contributed by atoms with Crippen LogP contribution < -0.4 is 4.74 Å². The van der Waals surface area contributed by atoms with Crippen LogP contribution in [0.1, 0.15) is 30.6 Å². The molecule has 1 atom stereocenters. The Labute approximate surface area is 95.4 Å². The molecular weight excluding hydrogens is 204 g/mol. The van der Waals surface area contributed by atoms with Gasteiger partial charge in [-0.05, 0) is 31.2 Å². The summed E-state index contributed by atoms with van der Waals surface area (Å²) in [6, 6.07) is 6.93. The molecule has 0 aliphatic carbocycles. The predicted octanol–water partition coefficient (Wildman–Crippen LogP) is 2.49. The van der Waals surface area contributed by atoms with Crippen LogP contribution >= 0.6 is 0 Å². The number of hydrogen-bond acceptors (Lipinski definition) is 3. The van der Waals surface area contributed by atoms with Gasteiger partial charge in [-0.3, -0.25) is 4.79 Å². The molecular formula is C13H16O3. The van der Waals surface area contributed by atoms with Crippen molar-refractivity contribution in [2.75, 3.05) is 7.11 Å². The van der Waals surface area contributed by atoms with Gasteiger partial charge in [-0.15, -0.1) is 0 Å². The van der Waals surface area contributed by atoms with Gasteiger partial charge in [-0.2, -0.15) is 0 Å². The van der Waals surface area contributed by atoms with Crippen molar-refractivity contribution >= 4 is 11.6 Å². The van der Waals surface area contributed by atoms with E-state index in [0.717, 1.165) is 5.75 Å². The maximum Gasteiger partial charge on any atom is 0.166 e. The lowest BCUT2D eigenvalue weighted by Crippen LogP contribution is -2.14. The van der Waals surface area contributed by atoms with Crippen molar-refractivity contribution in [3.63, 3.8) is 0 Å². The first-order valence-electron chi connectivity index (χ1n) is 5.22. The van der Waals surface area contributed by atoms with Crippen molar-refractivity contribution < 1.29 is 14.3 Å². The Balaban J connectivity index is 2.75. The van der Waals surface area contributed by atoms with Crippen LogP contribution in [0.2, 0.25) is 0 Å². The van der Waals surface area contributed by atoms with E-state index in [0.29, 0.717) is 12.0 Å². The normalized spacial score (nSPS) is 11.9. The number of carbonyl (C=O) groups excluding carboxylic acids is 2. The quantitative estimate of drug-likeness (QED) is 0.716. The SMILES string of the molecule is COc1ccc(C(=O)C(C)CC(C)=O)cc1. The molecule has 0 aromatic heterocycles. The van der Waals surface area contributed by atoms with Crippen LogP contribution in [-0.2, 0) is 4.79 Å². The lowest BCUT2D eigenvalue weighted by atomic mass is 9.95. The maximum absolute atomic E-state index is 11.9. The zero-order valence-corrected chi connectivity index (χ0v) is 9.82. The number of Topliss-reactive ketones (excluding diaryl/α,β-unsaturated/α-hetero) is 2. The lowest BCUT2D eigenvalue weighted by molar-refractivity contribution is -0.117. The Morgan fingerprint density at radius 3 is 2.25 bits per heavy atom. The Morgan fingerprint density at radius 2 is 1.81 bits per heavy atom. The van der Waals surface area contributed by atoms with Crippen molar-refractivity contribution in [2.45, 2.75) is 20.3 Å². The van der Waals surface area contributed by atoms with Gasteiger partial charge in [0.15, 0.2) is 5.78 Å². The van der Waals surface area contributed by atoms with E-state index in [-0.39, 0.29) is 17.5 Å². The number of ether oxygens (including phenoxy) is 1. The van der Waals surface area contributed by atoms with Gasteiger partial charge in [-0.25, -0.2) is 0 Å². The summed E-state index contributed by atoms with van der Waals surface area (Å²) >= 11 is 0. The summed E-state index contributed by atoms with van der Waals surface area (Å²) in [5.74, 6) is 0.494. The standard InChI is InChI=1S/C13H16O3/c1-9(8-10(2)14)13(15)11-4-6-12(16-3)7-5-11/h4-7,9H,8H2,1-3H3. The topological polar surface area (TPSA) is 43.4 Å². The number of carbonyl (C=O) groups is 2. The zero-order valence-electron chi connectivity index (χ0n) is 9.82. The van der Waals surface area contributed by atoms with Gasteiger partial charge in [0.25, 0.3) is 0 Å². The van der Waals surface area contributed by atoms with Crippen LogP contribution in [-0.4, -0.2) is 18.7 Å². The number of methoxy groups -OCH3 is 1. The molecule has 0 saturated heterocycles. The third kappa shape index (κ3) is 3.19. The molecule has 0 fully saturated rings. The zero-order chi connectivity index (χ0) is 12.1. The fraction of sp³-hybridized carbons (Fsp3) is 0.385. The van der Waals surface area contributed by atoms with Crippen LogP contribution in [0, 0.1) is 5.92 Å². The molecule has 0 bridgehead atoms. The van der Waals surface area contributed by atoms with E-state index in [1.165, 1.54) is 6.92 Å². The Hall–Kier alpha value is -1.64. The summed E-state index contributed by atoms with van der Waals surface area (Å²) < 4.78 is 5.01. The van der Waals surface area contributed by atoms with Crippen molar-refractivity contribution in [3.8, 4) is 5.75 Å². The van der Waals surface area contributed by atoms with E-state index in [1.807, 2.05) is 0 Å². The lowest BCUT2D eigenvalue weighted by Gasteiger charge is -2.08. The van der Waals surface area contributed by atoms with Gasteiger partial charge in [0.2, 0.25) is 0 Å². The molecule has 0 saturated carbocycles. The predicted molar refractivity (Wildman–Crippen MR) is 61.8 cm³/mol. The molecule has 0 aliphatic rings. The third-order valence-corrected chi connectivity index (χ3v) is 2.42.